The van der Waals surface area contributed by atoms with Crippen molar-refractivity contribution in [3.8, 4) is 5.75 Å². The zero-order valence-electron chi connectivity index (χ0n) is 10.7. The summed E-state index contributed by atoms with van der Waals surface area (Å²) < 4.78 is 11.2. The molecule has 1 aliphatic rings. The maximum Gasteiger partial charge on any atom is 0.253 e. The monoisotopic (exact) mass is 259 g/mol. The van der Waals surface area contributed by atoms with Gasteiger partial charge in [-0.15, -0.1) is 10.2 Å². The number of aromatic nitrogens is 2. The van der Waals surface area contributed by atoms with Crippen LogP contribution in [0.5, 0.6) is 5.75 Å². The molecule has 1 fully saturated rings. The number of para-hydroxylation sites is 1. The minimum absolute atomic E-state index is 0.317. The summed E-state index contributed by atoms with van der Waals surface area (Å²) >= 11 is 0. The van der Waals surface area contributed by atoms with E-state index in [-0.39, 0.29) is 0 Å². The number of hydrogen-bond acceptors (Lipinski definition) is 5. The van der Waals surface area contributed by atoms with Gasteiger partial charge in [-0.3, -0.25) is 0 Å². The van der Waals surface area contributed by atoms with E-state index in [1.807, 2.05) is 30.3 Å². The van der Waals surface area contributed by atoms with Crippen molar-refractivity contribution in [1.82, 2.24) is 15.5 Å². The van der Waals surface area contributed by atoms with E-state index in [4.69, 9.17) is 9.15 Å². The number of rotatable bonds is 4. The van der Waals surface area contributed by atoms with Gasteiger partial charge >= 0.3 is 0 Å². The van der Waals surface area contributed by atoms with Gasteiger partial charge in [0.1, 0.15) is 5.75 Å². The number of nitrogens with zero attached hydrogens (tertiary/aromatic N) is 2. The highest BCUT2D eigenvalue weighted by Crippen LogP contribution is 2.22. The second-order valence-corrected chi connectivity index (χ2v) is 4.68. The van der Waals surface area contributed by atoms with Gasteiger partial charge < -0.3 is 14.5 Å². The normalized spacial score (nSPS) is 19.3. The predicted octanol–water partition coefficient (Wildman–Crippen LogP) is 2.12. The van der Waals surface area contributed by atoms with Crippen LogP contribution in [0.1, 0.15) is 30.5 Å². The molecule has 1 saturated heterocycles. The second-order valence-electron chi connectivity index (χ2n) is 4.68. The van der Waals surface area contributed by atoms with Gasteiger partial charge in [0, 0.05) is 12.5 Å². The van der Waals surface area contributed by atoms with Crippen molar-refractivity contribution in [3.63, 3.8) is 0 Å². The van der Waals surface area contributed by atoms with Crippen LogP contribution in [0.25, 0.3) is 0 Å². The summed E-state index contributed by atoms with van der Waals surface area (Å²) in [5.74, 6) is 2.40. The topological polar surface area (TPSA) is 60.2 Å². The average molecular weight is 259 g/mol. The molecule has 5 nitrogen and oxygen atoms in total. The lowest BCUT2D eigenvalue weighted by molar-refractivity contribution is 0.253. The van der Waals surface area contributed by atoms with Gasteiger partial charge in [-0.2, -0.15) is 0 Å². The van der Waals surface area contributed by atoms with Crippen LogP contribution >= 0.6 is 0 Å². The fourth-order valence-electron chi connectivity index (χ4n) is 2.21. The van der Waals surface area contributed by atoms with Gasteiger partial charge in [0.2, 0.25) is 5.89 Å². The van der Waals surface area contributed by atoms with Gasteiger partial charge in [0.25, 0.3) is 5.89 Å². The summed E-state index contributed by atoms with van der Waals surface area (Å²) in [5, 5.41) is 11.5. The molecule has 0 aliphatic carbocycles. The second kappa shape index (κ2) is 5.84. The molecule has 0 bridgehead atoms. The maximum absolute atomic E-state index is 5.66. The van der Waals surface area contributed by atoms with Gasteiger partial charge in [0.05, 0.1) is 0 Å². The fraction of sp³-hybridized carbons (Fsp3) is 0.429. The number of piperidine rings is 1. The molecule has 0 saturated carbocycles. The Morgan fingerprint density at radius 3 is 2.95 bits per heavy atom. The van der Waals surface area contributed by atoms with Gasteiger partial charge in [0.15, 0.2) is 6.61 Å². The van der Waals surface area contributed by atoms with Crippen LogP contribution < -0.4 is 10.1 Å². The molecule has 100 valence electrons. The quantitative estimate of drug-likeness (QED) is 0.911. The number of ether oxygens (including phenoxy) is 1. The molecule has 1 N–H and O–H groups in total. The van der Waals surface area contributed by atoms with Crippen LogP contribution in [0.2, 0.25) is 0 Å². The van der Waals surface area contributed by atoms with Crippen molar-refractivity contribution in [2.75, 3.05) is 13.1 Å². The van der Waals surface area contributed by atoms with E-state index in [9.17, 15) is 0 Å². The van der Waals surface area contributed by atoms with E-state index in [0.29, 0.717) is 18.4 Å². The van der Waals surface area contributed by atoms with Gasteiger partial charge in [-0.1, -0.05) is 18.2 Å². The standard InChI is InChI=1S/C14H17N3O2/c1-2-6-12(7-3-1)18-10-13-16-17-14(19-13)11-5-4-8-15-9-11/h1-3,6-7,11,15H,4-5,8-10H2. The van der Waals surface area contributed by atoms with Crippen molar-refractivity contribution in [1.29, 1.82) is 0 Å². The van der Waals surface area contributed by atoms with Crippen LogP contribution in [0.4, 0.5) is 0 Å². The molecule has 0 spiro atoms. The highest BCUT2D eigenvalue weighted by Gasteiger charge is 2.21. The third-order valence-electron chi connectivity index (χ3n) is 3.23. The fourth-order valence-corrected chi connectivity index (χ4v) is 2.21. The zero-order chi connectivity index (χ0) is 12.9. The molecule has 19 heavy (non-hydrogen) atoms. The summed E-state index contributed by atoms with van der Waals surface area (Å²) in [6, 6.07) is 9.63. The molecule has 1 aromatic heterocycles. The Bertz CT molecular complexity index is 506. The number of benzene rings is 1. The van der Waals surface area contributed by atoms with Crippen LogP contribution in [-0.4, -0.2) is 23.3 Å². The molecule has 1 aliphatic heterocycles. The Morgan fingerprint density at radius 2 is 2.16 bits per heavy atom. The van der Waals surface area contributed by atoms with Crippen LogP contribution in [-0.2, 0) is 6.61 Å². The lowest BCUT2D eigenvalue weighted by Gasteiger charge is -2.18. The largest absolute Gasteiger partial charge is 0.484 e. The number of nitrogens with one attached hydrogen (secondary N) is 1. The highest BCUT2D eigenvalue weighted by atomic mass is 16.5. The van der Waals surface area contributed by atoms with Crippen molar-refractivity contribution in [2.24, 2.45) is 0 Å². The highest BCUT2D eigenvalue weighted by molar-refractivity contribution is 5.20. The third-order valence-corrected chi connectivity index (χ3v) is 3.23. The molecule has 5 heteroatoms. The Kier molecular flexibility index (Phi) is 3.74. The zero-order valence-corrected chi connectivity index (χ0v) is 10.7. The van der Waals surface area contributed by atoms with E-state index in [0.717, 1.165) is 37.6 Å². The summed E-state index contributed by atoms with van der Waals surface area (Å²) in [6.45, 7) is 2.31. The minimum atomic E-state index is 0.317. The van der Waals surface area contributed by atoms with Crippen molar-refractivity contribution in [2.45, 2.75) is 25.4 Å². The molecule has 1 aromatic carbocycles. The summed E-state index contributed by atoms with van der Waals surface area (Å²) in [6.07, 6.45) is 2.26. The molecular weight excluding hydrogens is 242 g/mol. The van der Waals surface area contributed by atoms with Crippen molar-refractivity contribution in [3.05, 3.63) is 42.1 Å². The molecule has 1 unspecified atom stereocenters. The summed E-state index contributed by atoms with van der Waals surface area (Å²) in [5.41, 5.74) is 0. The molecular formula is C14H17N3O2. The Balaban J connectivity index is 1.58. The molecule has 0 amide bonds. The smallest absolute Gasteiger partial charge is 0.253 e. The molecule has 2 aromatic rings. The first-order chi connectivity index (χ1) is 9.42. The van der Waals surface area contributed by atoms with Crippen LogP contribution in [0.3, 0.4) is 0 Å². The maximum atomic E-state index is 5.66. The molecule has 1 atom stereocenters. The SMILES string of the molecule is c1ccc(OCc2nnc(C3CCCNC3)o2)cc1. The first kappa shape index (κ1) is 12.2. The van der Waals surface area contributed by atoms with Crippen molar-refractivity contribution >= 4 is 0 Å². The summed E-state index contributed by atoms with van der Waals surface area (Å²) in [7, 11) is 0. The summed E-state index contributed by atoms with van der Waals surface area (Å²) in [4.78, 5) is 0. The lowest BCUT2D eigenvalue weighted by Crippen LogP contribution is -2.28. The van der Waals surface area contributed by atoms with Crippen molar-refractivity contribution < 1.29 is 9.15 Å². The van der Waals surface area contributed by atoms with E-state index in [1.165, 1.54) is 0 Å². The van der Waals surface area contributed by atoms with E-state index in [1.54, 1.807) is 0 Å². The van der Waals surface area contributed by atoms with E-state index >= 15 is 0 Å². The first-order valence-corrected chi connectivity index (χ1v) is 6.62. The van der Waals surface area contributed by atoms with E-state index < -0.39 is 0 Å². The third kappa shape index (κ3) is 3.12. The number of hydrogen-bond donors (Lipinski definition) is 1. The Hall–Kier alpha value is -1.88. The lowest BCUT2D eigenvalue weighted by atomic mass is 10.00. The minimum Gasteiger partial charge on any atom is -0.484 e. The first-order valence-electron chi connectivity index (χ1n) is 6.62. The molecule has 3 rings (SSSR count). The molecule has 0 radical (unpaired) electrons. The van der Waals surface area contributed by atoms with E-state index in [2.05, 4.69) is 15.5 Å². The Morgan fingerprint density at radius 1 is 1.26 bits per heavy atom. The Labute approximate surface area is 112 Å². The average Bonchev–Trinajstić information content (AvgIpc) is 2.96. The van der Waals surface area contributed by atoms with Crippen LogP contribution in [0.15, 0.2) is 34.7 Å². The van der Waals surface area contributed by atoms with Crippen LogP contribution in [0, 0.1) is 0 Å². The molecule has 2 heterocycles. The van der Waals surface area contributed by atoms with Gasteiger partial charge in [-0.05, 0) is 31.5 Å². The van der Waals surface area contributed by atoms with Gasteiger partial charge in [-0.25, -0.2) is 0 Å². The predicted molar refractivity (Wildman–Crippen MR) is 69.9 cm³/mol.